The Kier molecular flexibility index (Phi) is 11.1. The molecule has 32 heavy (non-hydrogen) atoms. The summed E-state index contributed by atoms with van der Waals surface area (Å²) in [7, 11) is 4.75. The van der Waals surface area contributed by atoms with E-state index in [0.717, 1.165) is 41.4 Å². The Morgan fingerprint density at radius 1 is 0.781 bits per heavy atom. The van der Waals surface area contributed by atoms with Crippen LogP contribution in [0.3, 0.4) is 0 Å². The third-order valence-electron chi connectivity index (χ3n) is 10.8. The van der Waals surface area contributed by atoms with Gasteiger partial charge in [-0.1, -0.05) is 66.7 Å². The van der Waals surface area contributed by atoms with Crippen LogP contribution < -0.4 is 5.73 Å². The highest BCUT2D eigenvalue weighted by Gasteiger charge is 2.59. The molecule has 0 bridgehead atoms. The molecule has 4 aliphatic rings. The van der Waals surface area contributed by atoms with Crippen molar-refractivity contribution in [2.75, 3.05) is 21.3 Å². The van der Waals surface area contributed by atoms with E-state index in [4.69, 9.17) is 0 Å². The van der Waals surface area contributed by atoms with Crippen LogP contribution in [0.25, 0.3) is 0 Å². The molecule has 0 aromatic heterocycles. The van der Waals surface area contributed by atoms with E-state index in [2.05, 4.69) is 45.1 Å². The number of nitrogens with two attached hydrogens (primary N) is 1. The van der Waals surface area contributed by atoms with Crippen LogP contribution in [0.2, 0.25) is 0 Å². The van der Waals surface area contributed by atoms with Gasteiger partial charge in [-0.15, -0.1) is 0 Å². The average Bonchev–Trinajstić information content (AvgIpc) is 3.12. The summed E-state index contributed by atoms with van der Waals surface area (Å²) in [4.78, 5) is 0. The van der Waals surface area contributed by atoms with Gasteiger partial charge in [0.05, 0.1) is 0 Å². The molecular formula is C30H59NO. The number of methoxy groups -OCH3 is 1. The van der Waals surface area contributed by atoms with Crippen LogP contribution in [0.1, 0.15) is 118 Å². The van der Waals surface area contributed by atoms with Gasteiger partial charge in [-0.25, -0.2) is 0 Å². The summed E-state index contributed by atoms with van der Waals surface area (Å²) in [6.07, 6.45) is 19.9. The molecule has 4 fully saturated rings. The molecule has 4 rings (SSSR count). The molecule has 0 aromatic rings. The van der Waals surface area contributed by atoms with Gasteiger partial charge in [0.2, 0.25) is 0 Å². The van der Waals surface area contributed by atoms with Gasteiger partial charge in [0.15, 0.2) is 0 Å². The van der Waals surface area contributed by atoms with E-state index in [1.807, 2.05) is 0 Å². The molecular weight excluding hydrogens is 390 g/mol. The highest BCUT2D eigenvalue weighted by Crippen LogP contribution is 2.68. The molecule has 8 atom stereocenters. The van der Waals surface area contributed by atoms with Crippen molar-refractivity contribution in [2.24, 2.45) is 58.0 Å². The van der Waals surface area contributed by atoms with Gasteiger partial charge in [-0.3, -0.25) is 0 Å². The number of rotatable bonds is 5. The van der Waals surface area contributed by atoms with Crippen LogP contribution in [0.15, 0.2) is 0 Å². The van der Waals surface area contributed by atoms with E-state index < -0.39 is 0 Å². The topological polar surface area (TPSA) is 35.2 Å². The summed E-state index contributed by atoms with van der Waals surface area (Å²) in [5.41, 5.74) is 5.89. The maximum absolute atomic E-state index is 4.50. The van der Waals surface area contributed by atoms with Crippen molar-refractivity contribution < 1.29 is 4.74 Å². The lowest BCUT2D eigenvalue weighted by Crippen LogP contribution is -2.53. The van der Waals surface area contributed by atoms with Gasteiger partial charge in [-0.2, -0.15) is 0 Å². The van der Waals surface area contributed by atoms with E-state index in [1.54, 1.807) is 65.6 Å². The molecule has 2 N–H and O–H groups in total. The van der Waals surface area contributed by atoms with Gasteiger partial charge >= 0.3 is 0 Å². The minimum absolute atomic E-state index is 0.677. The standard InChI is InChI=1S/C27H48.C2H6O.CH5N/c1-19(2)9-8-10-20(3)23-14-15-24-22-13-12-21-11-6-7-17-26(21,4)25(22)16-18-27(23,24)5;1-3-2;1-2/h19-25H,6-18H2,1-5H3;1-2H3;2H2,1H3/t20-,21?,22?,23?,24?,25?,26?,27?;;/m1../s1. The highest BCUT2D eigenvalue weighted by atomic mass is 16.4. The van der Waals surface area contributed by atoms with Crippen LogP contribution in [0, 0.1) is 52.3 Å². The summed E-state index contributed by atoms with van der Waals surface area (Å²) in [5.74, 6) is 7.15. The van der Waals surface area contributed by atoms with E-state index >= 15 is 0 Å². The largest absolute Gasteiger partial charge is 0.388 e. The summed E-state index contributed by atoms with van der Waals surface area (Å²) in [6, 6.07) is 0. The van der Waals surface area contributed by atoms with Crippen molar-refractivity contribution in [1.82, 2.24) is 0 Å². The average molecular weight is 450 g/mol. The van der Waals surface area contributed by atoms with Crippen LogP contribution >= 0.6 is 0 Å². The summed E-state index contributed by atoms with van der Waals surface area (Å²) >= 11 is 0. The molecule has 4 saturated carbocycles. The molecule has 190 valence electrons. The first kappa shape index (κ1) is 28.2. The fraction of sp³-hybridized carbons (Fsp3) is 1.00. The lowest BCUT2D eigenvalue weighted by atomic mass is 9.44. The SMILES string of the molecule is CC(C)CCC[C@@H](C)C1CCC2C3CCC4CCCCC4(C)C3CCC21C.CN.COC. The number of hydrogen-bond donors (Lipinski definition) is 1. The van der Waals surface area contributed by atoms with Crippen molar-refractivity contribution in [3.05, 3.63) is 0 Å². The number of fused-ring (bicyclic) bond motifs is 5. The van der Waals surface area contributed by atoms with Gasteiger partial charge < -0.3 is 10.5 Å². The van der Waals surface area contributed by atoms with Gasteiger partial charge in [0, 0.05) is 14.2 Å². The Bertz CT molecular complexity index is 533. The van der Waals surface area contributed by atoms with Crippen LogP contribution in [0.4, 0.5) is 0 Å². The summed E-state index contributed by atoms with van der Waals surface area (Å²) < 4.78 is 4.25. The molecule has 0 saturated heterocycles. The predicted molar refractivity (Wildman–Crippen MR) is 141 cm³/mol. The molecule has 0 heterocycles. The highest BCUT2D eigenvalue weighted by molar-refractivity contribution is 5.09. The van der Waals surface area contributed by atoms with Gasteiger partial charge in [0.1, 0.15) is 0 Å². The molecule has 0 aliphatic heterocycles. The zero-order valence-corrected chi connectivity index (χ0v) is 23.2. The molecule has 2 nitrogen and oxygen atoms in total. The monoisotopic (exact) mass is 449 g/mol. The van der Waals surface area contributed by atoms with Crippen molar-refractivity contribution >= 4 is 0 Å². The molecule has 7 unspecified atom stereocenters. The Labute approximate surface area is 202 Å². The summed E-state index contributed by atoms with van der Waals surface area (Å²) in [5, 5.41) is 0. The van der Waals surface area contributed by atoms with E-state index in [9.17, 15) is 0 Å². The van der Waals surface area contributed by atoms with Gasteiger partial charge in [-0.05, 0) is 111 Å². The van der Waals surface area contributed by atoms with Crippen molar-refractivity contribution in [1.29, 1.82) is 0 Å². The molecule has 0 amide bonds. The van der Waals surface area contributed by atoms with E-state index in [0.29, 0.717) is 10.8 Å². The lowest BCUT2D eigenvalue weighted by molar-refractivity contribution is -0.114. The Hall–Kier alpha value is -0.0800. The first-order valence-electron chi connectivity index (χ1n) is 14.3. The van der Waals surface area contributed by atoms with E-state index in [-0.39, 0.29) is 0 Å². The fourth-order valence-corrected chi connectivity index (χ4v) is 9.32. The van der Waals surface area contributed by atoms with E-state index in [1.165, 1.54) is 39.2 Å². The maximum Gasteiger partial charge on any atom is 0.0351 e. The minimum atomic E-state index is 0.677. The first-order chi connectivity index (χ1) is 15.3. The second kappa shape index (κ2) is 12.6. The number of ether oxygens (including phenoxy) is 1. The zero-order valence-electron chi connectivity index (χ0n) is 23.2. The van der Waals surface area contributed by atoms with Crippen LogP contribution in [-0.2, 0) is 4.74 Å². The molecule has 0 radical (unpaired) electrons. The third-order valence-corrected chi connectivity index (χ3v) is 10.8. The van der Waals surface area contributed by atoms with Crippen molar-refractivity contribution in [3.63, 3.8) is 0 Å². The second-order valence-corrected chi connectivity index (χ2v) is 12.8. The Morgan fingerprint density at radius 3 is 2.09 bits per heavy atom. The van der Waals surface area contributed by atoms with Crippen LogP contribution in [0.5, 0.6) is 0 Å². The van der Waals surface area contributed by atoms with Crippen molar-refractivity contribution in [3.8, 4) is 0 Å². The lowest BCUT2D eigenvalue weighted by Gasteiger charge is -2.61. The third kappa shape index (κ3) is 5.76. The maximum atomic E-state index is 4.50. The van der Waals surface area contributed by atoms with Crippen molar-refractivity contribution in [2.45, 2.75) is 118 Å². The predicted octanol–water partition coefficient (Wildman–Crippen LogP) is 8.34. The molecule has 2 heteroatoms. The second-order valence-electron chi connectivity index (χ2n) is 12.8. The molecule has 4 aliphatic carbocycles. The Morgan fingerprint density at radius 2 is 1.44 bits per heavy atom. The number of hydrogen-bond acceptors (Lipinski definition) is 2. The molecule has 0 spiro atoms. The zero-order chi connectivity index (χ0) is 23.9. The Balaban J connectivity index is 0.000000671. The fourth-order valence-electron chi connectivity index (χ4n) is 9.32. The molecule has 0 aromatic carbocycles. The minimum Gasteiger partial charge on any atom is -0.388 e. The van der Waals surface area contributed by atoms with Gasteiger partial charge in [0.25, 0.3) is 0 Å². The quantitative estimate of drug-likeness (QED) is 0.458. The van der Waals surface area contributed by atoms with Crippen LogP contribution in [-0.4, -0.2) is 21.3 Å². The smallest absolute Gasteiger partial charge is 0.0351 e. The normalized spacial score (nSPS) is 41.2. The summed E-state index contributed by atoms with van der Waals surface area (Å²) in [6.45, 7) is 12.9. The first-order valence-corrected chi connectivity index (χ1v) is 14.3.